The number of hydrogen-bond donors (Lipinski definition) is 3. The molecule has 0 amide bonds. The maximum Gasteiger partial charge on any atom is 0.191 e. The zero-order valence-electron chi connectivity index (χ0n) is 17.0. The van der Waals surface area contributed by atoms with E-state index in [2.05, 4.69) is 20.7 Å². The normalized spacial score (nSPS) is 13.5. The Kier molecular flexibility index (Phi) is 9.15. The maximum absolute atomic E-state index is 14.1. The van der Waals surface area contributed by atoms with E-state index in [4.69, 9.17) is 0 Å². The first-order chi connectivity index (χ1) is 12.7. The molecule has 7 nitrogen and oxygen atoms in total. The Morgan fingerprint density at radius 2 is 2.07 bits per heavy atom. The fraction of sp³-hybridized carbons (Fsp3) is 0.474. The summed E-state index contributed by atoms with van der Waals surface area (Å²) in [5.74, 6) is 0.281. The Morgan fingerprint density at radius 3 is 2.61 bits per heavy atom. The predicted molar refractivity (Wildman–Crippen MR) is 122 cm³/mol. The summed E-state index contributed by atoms with van der Waals surface area (Å²) in [6.45, 7) is 4.94. The number of benzene rings is 1. The van der Waals surface area contributed by atoms with Crippen molar-refractivity contribution in [1.29, 1.82) is 0 Å². The van der Waals surface area contributed by atoms with Gasteiger partial charge in [-0.05, 0) is 31.5 Å². The number of anilines is 1. The third kappa shape index (κ3) is 6.62. The van der Waals surface area contributed by atoms with E-state index >= 15 is 0 Å². The Balaban J connectivity index is 0.00000392. The standard InChI is InChI=1S/C19H29FN6O.HI/c1-6-21-18(23-13-19(2,27)15-11-24-26(5)12-15)22-10-14-7-8-17(25(3)4)16(20)9-14;/h7-9,11-12,27H,6,10,13H2,1-5H3,(H2,21,22,23);1H. The van der Waals surface area contributed by atoms with Crippen LogP contribution in [0.2, 0.25) is 0 Å². The van der Waals surface area contributed by atoms with Crippen molar-refractivity contribution in [2.75, 3.05) is 32.1 Å². The summed E-state index contributed by atoms with van der Waals surface area (Å²) in [6, 6.07) is 5.10. The second-order valence-corrected chi connectivity index (χ2v) is 6.91. The van der Waals surface area contributed by atoms with Gasteiger partial charge in [0, 0.05) is 39.4 Å². The van der Waals surface area contributed by atoms with Gasteiger partial charge in [-0.3, -0.25) is 4.68 Å². The average Bonchev–Trinajstić information content (AvgIpc) is 3.04. The molecule has 28 heavy (non-hydrogen) atoms. The van der Waals surface area contributed by atoms with Crippen LogP contribution < -0.4 is 15.5 Å². The Hall–Kier alpha value is -1.88. The molecule has 0 aliphatic heterocycles. The van der Waals surface area contributed by atoms with Crippen LogP contribution in [0.3, 0.4) is 0 Å². The fourth-order valence-electron chi connectivity index (χ4n) is 2.58. The summed E-state index contributed by atoms with van der Waals surface area (Å²) < 4.78 is 15.8. The number of aromatic nitrogens is 2. The van der Waals surface area contributed by atoms with Crippen molar-refractivity contribution < 1.29 is 9.50 Å². The summed E-state index contributed by atoms with van der Waals surface area (Å²) in [6.07, 6.45) is 3.42. The smallest absolute Gasteiger partial charge is 0.191 e. The Labute approximate surface area is 183 Å². The van der Waals surface area contributed by atoms with Gasteiger partial charge in [-0.25, -0.2) is 9.38 Å². The van der Waals surface area contributed by atoms with Crippen molar-refractivity contribution in [1.82, 2.24) is 20.4 Å². The van der Waals surface area contributed by atoms with Crippen molar-refractivity contribution in [2.24, 2.45) is 12.0 Å². The molecule has 0 aliphatic rings. The molecule has 0 saturated heterocycles. The van der Waals surface area contributed by atoms with Crippen molar-refractivity contribution in [3.05, 3.63) is 47.5 Å². The fourth-order valence-corrected chi connectivity index (χ4v) is 2.58. The zero-order valence-corrected chi connectivity index (χ0v) is 19.4. The number of nitrogens with one attached hydrogen (secondary N) is 2. The molecule has 1 unspecified atom stereocenters. The number of nitrogens with zero attached hydrogens (tertiary/aromatic N) is 4. The minimum atomic E-state index is -1.09. The molecule has 2 rings (SSSR count). The highest BCUT2D eigenvalue weighted by Gasteiger charge is 2.25. The number of hydrogen-bond acceptors (Lipinski definition) is 4. The number of aliphatic hydroxyl groups is 1. The molecule has 0 aliphatic carbocycles. The number of guanidine groups is 1. The van der Waals surface area contributed by atoms with E-state index in [0.29, 0.717) is 24.7 Å². The van der Waals surface area contributed by atoms with Gasteiger partial charge in [0.05, 0.1) is 25.0 Å². The van der Waals surface area contributed by atoms with Gasteiger partial charge in [0.15, 0.2) is 5.96 Å². The van der Waals surface area contributed by atoms with E-state index < -0.39 is 5.60 Å². The van der Waals surface area contributed by atoms with Gasteiger partial charge >= 0.3 is 0 Å². The lowest BCUT2D eigenvalue weighted by Crippen LogP contribution is -2.44. The van der Waals surface area contributed by atoms with Gasteiger partial charge in [0.2, 0.25) is 0 Å². The van der Waals surface area contributed by atoms with Crippen LogP contribution in [0.5, 0.6) is 0 Å². The number of halogens is 2. The first-order valence-electron chi connectivity index (χ1n) is 8.92. The molecule has 1 heterocycles. The van der Waals surface area contributed by atoms with E-state index in [0.717, 1.165) is 11.1 Å². The van der Waals surface area contributed by atoms with E-state index in [-0.39, 0.29) is 36.3 Å². The van der Waals surface area contributed by atoms with Gasteiger partial charge in [0.1, 0.15) is 11.4 Å². The van der Waals surface area contributed by atoms with Crippen LogP contribution in [0.15, 0.2) is 35.6 Å². The predicted octanol–water partition coefficient (Wildman–Crippen LogP) is 2.21. The number of aliphatic imine (C=N–C) groups is 1. The van der Waals surface area contributed by atoms with Gasteiger partial charge in [-0.15, -0.1) is 24.0 Å². The molecule has 0 radical (unpaired) electrons. The lowest BCUT2D eigenvalue weighted by atomic mass is 10.00. The van der Waals surface area contributed by atoms with E-state index in [1.54, 1.807) is 56.1 Å². The van der Waals surface area contributed by atoms with Crippen LogP contribution in [0, 0.1) is 5.82 Å². The van der Waals surface area contributed by atoms with Crippen LogP contribution in [0.1, 0.15) is 25.0 Å². The average molecular weight is 504 g/mol. The van der Waals surface area contributed by atoms with Crippen LogP contribution in [0.25, 0.3) is 0 Å². The largest absolute Gasteiger partial charge is 0.383 e. The highest BCUT2D eigenvalue weighted by molar-refractivity contribution is 14.0. The van der Waals surface area contributed by atoms with Crippen molar-refractivity contribution in [2.45, 2.75) is 26.0 Å². The van der Waals surface area contributed by atoms with Crippen LogP contribution in [-0.2, 0) is 19.2 Å². The van der Waals surface area contributed by atoms with Gasteiger partial charge in [-0.2, -0.15) is 5.10 Å². The van der Waals surface area contributed by atoms with Crippen molar-refractivity contribution >= 4 is 35.6 Å². The van der Waals surface area contributed by atoms with Crippen LogP contribution in [-0.4, -0.2) is 48.0 Å². The summed E-state index contributed by atoms with van der Waals surface area (Å²) in [7, 11) is 5.41. The highest BCUT2D eigenvalue weighted by Crippen LogP contribution is 2.19. The summed E-state index contributed by atoms with van der Waals surface area (Å²) in [5.41, 5.74) is 0.938. The highest BCUT2D eigenvalue weighted by atomic mass is 127. The van der Waals surface area contributed by atoms with E-state index in [1.807, 2.05) is 13.0 Å². The lowest BCUT2D eigenvalue weighted by Gasteiger charge is -2.23. The van der Waals surface area contributed by atoms with Crippen LogP contribution in [0.4, 0.5) is 10.1 Å². The first kappa shape index (κ1) is 24.2. The van der Waals surface area contributed by atoms with Gasteiger partial charge < -0.3 is 20.6 Å². The molecule has 3 N–H and O–H groups in total. The lowest BCUT2D eigenvalue weighted by molar-refractivity contribution is 0.0616. The molecule has 2 aromatic rings. The first-order valence-corrected chi connectivity index (χ1v) is 8.92. The zero-order chi connectivity index (χ0) is 20.0. The second kappa shape index (κ2) is 10.6. The van der Waals surface area contributed by atoms with Crippen LogP contribution >= 0.6 is 24.0 Å². The quantitative estimate of drug-likeness (QED) is 0.306. The molecule has 0 saturated carbocycles. The van der Waals surface area contributed by atoms with E-state index in [9.17, 15) is 9.50 Å². The van der Waals surface area contributed by atoms with E-state index in [1.165, 1.54) is 6.07 Å². The molecular weight excluding hydrogens is 474 g/mol. The summed E-state index contributed by atoms with van der Waals surface area (Å²) in [4.78, 5) is 6.21. The Morgan fingerprint density at radius 1 is 1.36 bits per heavy atom. The molecule has 156 valence electrons. The third-order valence-corrected chi connectivity index (χ3v) is 4.18. The maximum atomic E-state index is 14.1. The number of rotatable bonds is 7. The summed E-state index contributed by atoms with van der Waals surface area (Å²) in [5, 5.41) is 21.0. The minimum absolute atomic E-state index is 0. The third-order valence-electron chi connectivity index (χ3n) is 4.18. The van der Waals surface area contributed by atoms with Gasteiger partial charge in [-0.1, -0.05) is 6.07 Å². The van der Waals surface area contributed by atoms with Gasteiger partial charge in [0.25, 0.3) is 0 Å². The Bertz CT molecular complexity index is 790. The second-order valence-electron chi connectivity index (χ2n) is 6.91. The molecule has 1 aromatic heterocycles. The molecular formula is C19H30FIN6O. The molecule has 0 fully saturated rings. The van der Waals surface area contributed by atoms with Crippen molar-refractivity contribution in [3.8, 4) is 0 Å². The SMILES string of the molecule is CCNC(=NCc1ccc(N(C)C)c(F)c1)NCC(C)(O)c1cnn(C)c1.I. The molecule has 1 atom stereocenters. The van der Waals surface area contributed by atoms with Crippen molar-refractivity contribution in [3.63, 3.8) is 0 Å². The molecule has 9 heteroatoms. The molecule has 0 bridgehead atoms. The molecule has 0 spiro atoms. The molecule has 1 aromatic carbocycles. The number of aryl methyl sites for hydroxylation is 1. The summed E-state index contributed by atoms with van der Waals surface area (Å²) >= 11 is 0. The monoisotopic (exact) mass is 504 g/mol. The topological polar surface area (TPSA) is 77.7 Å². The minimum Gasteiger partial charge on any atom is -0.383 e.